The van der Waals surface area contributed by atoms with E-state index in [0.717, 1.165) is 0 Å². The van der Waals surface area contributed by atoms with Crippen molar-refractivity contribution in [2.75, 3.05) is 6.54 Å². The van der Waals surface area contributed by atoms with Gasteiger partial charge in [-0.25, -0.2) is 9.59 Å². The Balaban J connectivity index is 2.42. The van der Waals surface area contributed by atoms with Crippen molar-refractivity contribution < 1.29 is 14.7 Å². The topological polar surface area (TPSA) is 78.4 Å². The van der Waals surface area contributed by atoms with Crippen LogP contribution in [0.3, 0.4) is 0 Å². The molecular weight excluding hydrogens is 256 g/mol. The van der Waals surface area contributed by atoms with Gasteiger partial charge in [-0.15, -0.1) is 0 Å². The summed E-state index contributed by atoms with van der Waals surface area (Å²) in [6.45, 7) is 13.2. The molecule has 20 heavy (non-hydrogen) atoms. The molecule has 1 saturated carbocycles. The van der Waals surface area contributed by atoms with Crippen molar-refractivity contribution in [3.8, 4) is 0 Å². The van der Waals surface area contributed by atoms with Crippen LogP contribution in [0, 0.1) is 22.7 Å². The van der Waals surface area contributed by atoms with Crippen LogP contribution in [0.5, 0.6) is 0 Å². The highest BCUT2D eigenvalue weighted by Crippen LogP contribution is 2.67. The minimum atomic E-state index is -0.985. The molecule has 0 aromatic carbocycles. The van der Waals surface area contributed by atoms with Gasteiger partial charge < -0.3 is 15.7 Å². The van der Waals surface area contributed by atoms with Gasteiger partial charge in [0.1, 0.15) is 6.04 Å². The molecule has 1 aliphatic carbocycles. The van der Waals surface area contributed by atoms with Gasteiger partial charge in [-0.05, 0) is 29.1 Å². The van der Waals surface area contributed by atoms with Crippen LogP contribution in [0.15, 0.2) is 0 Å². The molecule has 1 atom stereocenters. The average molecular weight is 284 g/mol. The normalized spacial score (nSPS) is 21.4. The summed E-state index contributed by atoms with van der Waals surface area (Å²) in [6.07, 6.45) is 0.434. The molecule has 0 spiro atoms. The van der Waals surface area contributed by atoms with E-state index in [9.17, 15) is 9.59 Å². The second-order valence-electron chi connectivity index (χ2n) is 7.37. The Morgan fingerprint density at radius 1 is 1.15 bits per heavy atom. The molecule has 0 bridgehead atoms. The molecule has 1 aliphatic rings. The molecule has 0 aromatic rings. The van der Waals surface area contributed by atoms with E-state index in [1.807, 2.05) is 13.8 Å². The number of hydrogen-bond acceptors (Lipinski definition) is 2. The van der Waals surface area contributed by atoms with E-state index in [4.69, 9.17) is 5.11 Å². The van der Waals surface area contributed by atoms with Crippen molar-refractivity contribution in [1.29, 1.82) is 0 Å². The Morgan fingerprint density at radius 3 is 2.00 bits per heavy atom. The Kier molecular flexibility index (Phi) is 4.72. The van der Waals surface area contributed by atoms with Crippen molar-refractivity contribution in [2.24, 2.45) is 22.7 Å². The second kappa shape index (κ2) is 5.62. The summed E-state index contributed by atoms with van der Waals surface area (Å²) in [7, 11) is 0. The standard InChI is InChI=1S/C15H28N2O3/c1-9(2)7-10(12(18)19)17-13(20)16-8-11-14(3,4)15(11,5)6/h9-11H,7-8H2,1-6H3,(H,18,19)(H2,16,17,20). The van der Waals surface area contributed by atoms with Gasteiger partial charge in [0.15, 0.2) is 0 Å². The van der Waals surface area contributed by atoms with Crippen LogP contribution in [-0.4, -0.2) is 29.7 Å². The van der Waals surface area contributed by atoms with Gasteiger partial charge in [-0.1, -0.05) is 41.5 Å². The third-order valence-corrected chi connectivity index (χ3v) is 5.10. The van der Waals surface area contributed by atoms with E-state index in [1.54, 1.807) is 0 Å². The van der Waals surface area contributed by atoms with E-state index < -0.39 is 18.0 Å². The highest BCUT2D eigenvalue weighted by Gasteiger charge is 2.64. The molecular formula is C15H28N2O3. The molecule has 0 radical (unpaired) electrons. The van der Waals surface area contributed by atoms with Crippen LogP contribution in [0.25, 0.3) is 0 Å². The summed E-state index contributed by atoms with van der Waals surface area (Å²) in [6, 6.07) is -1.22. The molecule has 1 unspecified atom stereocenters. The first-order chi connectivity index (χ1) is 9.00. The second-order valence-corrected chi connectivity index (χ2v) is 7.37. The predicted molar refractivity (Wildman–Crippen MR) is 78.5 cm³/mol. The largest absolute Gasteiger partial charge is 0.480 e. The van der Waals surface area contributed by atoms with Crippen molar-refractivity contribution in [1.82, 2.24) is 10.6 Å². The Hall–Kier alpha value is -1.26. The lowest BCUT2D eigenvalue weighted by Gasteiger charge is -2.17. The van der Waals surface area contributed by atoms with Crippen LogP contribution in [-0.2, 0) is 4.79 Å². The summed E-state index contributed by atoms with van der Waals surface area (Å²) < 4.78 is 0. The van der Waals surface area contributed by atoms with Crippen LogP contribution in [0.4, 0.5) is 4.79 Å². The van der Waals surface area contributed by atoms with Crippen molar-refractivity contribution in [2.45, 2.75) is 54.0 Å². The minimum Gasteiger partial charge on any atom is -0.480 e. The molecule has 0 saturated heterocycles. The zero-order valence-electron chi connectivity index (χ0n) is 13.4. The van der Waals surface area contributed by atoms with Crippen LogP contribution < -0.4 is 10.6 Å². The number of nitrogens with one attached hydrogen (secondary N) is 2. The highest BCUT2D eigenvalue weighted by atomic mass is 16.4. The number of aliphatic carboxylic acids is 1. The fraction of sp³-hybridized carbons (Fsp3) is 0.867. The Labute approximate surface area is 121 Å². The quantitative estimate of drug-likeness (QED) is 0.701. The predicted octanol–water partition coefficient (Wildman–Crippen LogP) is 2.47. The lowest BCUT2D eigenvalue weighted by molar-refractivity contribution is -0.139. The number of carbonyl (C=O) groups is 2. The van der Waals surface area contributed by atoms with E-state index in [0.29, 0.717) is 18.9 Å². The number of amides is 2. The fourth-order valence-electron chi connectivity index (χ4n) is 2.94. The van der Waals surface area contributed by atoms with Gasteiger partial charge in [0.05, 0.1) is 0 Å². The lowest BCUT2D eigenvalue weighted by atomic mass is 10.0. The third-order valence-electron chi connectivity index (χ3n) is 5.10. The molecule has 1 fully saturated rings. The molecule has 3 N–H and O–H groups in total. The third kappa shape index (κ3) is 3.44. The van der Waals surface area contributed by atoms with E-state index in [-0.39, 0.29) is 16.7 Å². The first-order valence-electron chi connectivity index (χ1n) is 7.27. The number of carboxylic acid groups (broad SMARTS) is 1. The molecule has 2 amide bonds. The maximum absolute atomic E-state index is 11.8. The smallest absolute Gasteiger partial charge is 0.326 e. The zero-order valence-corrected chi connectivity index (χ0v) is 13.4. The van der Waals surface area contributed by atoms with E-state index in [1.165, 1.54) is 0 Å². The first kappa shape index (κ1) is 16.8. The lowest BCUT2D eigenvalue weighted by Crippen LogP contribution is -2.47. The van der Waals surface area contributed by atoms with Gasteiger partial charge in [0.25, 0.3) is 0 Å². The van der Waals surface area contributed by atoms with Gasteiger partial charge in [0.2, 0.25) is 0 Å². The molecule has 116 valence electrons. The summed E-state index contributed by atoms with van der Waals surface area (Å²) in [4.78, 5) is 22.9. The molecule has 0 heterocycles. The van der Waals surface area contributed by atoms with Gasteiger partial charge >= 0.3 is 12.0 Å². The maximum Gasteiger partial charge on any atom is 0.326 e. The molecule has 5 nitrogen and oxygen atoms in total. The number of rotatable bonds is 6. The number of hydrogen-bond donors (Lipinski definition) is 3. The molecule has 5 heteroatoms. The summed E-state index contributed by atoms with van der Waals surface area (Å²) in [5.74, 6) is -0.340. The first-order valence-corrected chi connectivity index (χ1v) is 7.27. The van der Waals surface area contributed by atoms with Gasteiger partial charge in [-0.2, -0.15) is 0 Å². The van der Waals surface area contributed by atoms with Crippen molar-refractivity contribution in [3.05, 3.63) is 0 Å². The number of urea groups is 1. The van der Waals surface area contributed by atoms with Crippen molar-refractivity contribution >= 4 is 12.0 Å². The SMILES string of the molecule is CC(C)CC(NC(=O)NCC1C(C)(C)C1(C)C)C(=O)O. The van der Waals surface area contributed by atoms with Crippen LogP contribution in [0.1, 0.15) is 48.0 Å². The molecule has 1 rings (SSSR count). The van der Waals surface area contributed by atoms with E-state index >= 15 is 0 Å². The van der Waals surface area contributed by atoms with Crippen LogP contribution in [0.2, 0.25) is 0 Å². The van der Waals surface area contributed by atoms with Gasteiger partial charge in [0, 0.05) is 6.54 Å². The molecule has 0 aromatic heterocycles. The van der Waals surface area contributed by atoms with Crippen LogP contribution >= 0.6 is 0 Å². The maximum atomic E-state index is 11.8. The molecule has 0 aliphatic heterocycles. The average Bonchev–Trinajstić information content (AvgIpc) is 2.65. The monoisotopic (exact) mass is 284 g/mol. The Bertz CT molecular complexity index is 375. The van der Waals surface area contributed by atoms with Crippen molar-refractivity contribution in [3.63, 3.8) is 0 Å². The number of carbonyl (C=O) groups excluding carboxylic acids is 1. The van der Waals surface area contributed by atoms with E-state index in [2.05, 4.69) is 38.3 Å². The minimum absolute atomic E-state index is 0.213. The zero-order chi connectivity index (χ0) is 15.7. The summed E-state index contributed by atoms with van der Waals surface area (Å²) in [5.41, 5.74) is 0.425. The summed E-state index contributed by atoms with van der Waals surface area (Å²) in [5, 5.41) is 14.4. The highest BCUT2D eigenvalue weighted by molar-refractivity contribution is 5.82. The van der Waals surface area contributed by atoms with Gasteiger partial charge in [-0.3, -0.25) is 0 Å². The number of carboxylic acids is 1. The fourth-order valence-corrected chi connectivity index (χ4v) is 2.94. The summed E-state index contributed by atoms with van der Waals surface area (Å²) >= 11 is 0. The Morgan fingerprint density at radius 2 is 1.65 bits per heavy atom.